The molecule has 2 aliphatic carbocycles. The molecule has 4 nitrogen and oxygen atoms in total. The van der Waals surface area contributed by atoms with Gasteiger partial charge in [0.05, 0.1) is 7.11 Å². The molecule has 4 heteroatoms. The summed E-state index contributed by atoms with van der Waals surface area (Å²) in [5.41, 5.74) is 5.07. The van der Waals surface area contributed by atoms with Gasteiger partial charge >= 0.3 is 0 Å². The molecule has 2 aliphatic rings. The highest BCUT2D eigenvalue weighted by Gasteiger charge is 2.39. The minimum Gasteiger partial charge on any atom is -0.496 e. The second kappa shape index (κ2) is 11.8. The normalized spacial score (nSPS) is 24.6. The van der Waals surface area contributed by atoms with Gasteiger partial charge in [-0.25, -0.2) is 0 Å². The van der Waals surface area contributed by atoms with Crippen LogP contribution < -0.4 is 10.1 Å². The summed E-state index contributed by atoms with van der Waals surface area (Å²) >= 11 is 0. The molecule has 1 fully saturated rings. The van der Waals surface area contributed by atoms with Crippen LogP contribution >= 0.6 is 0 Å². The Kier molecular flexibility index (Phi) is 8.77. The molecule has 4 rings (SSSR count). The van der Waals surface area contributed by atoms with E-state index in [1.807, 2.05) is 24.3 Å². The molecule has 1 saturated carbocycles. The summed E-state index contributed by atoms with van der Waals surface area (Å²) in [5, 5.41) is 3.18. The largest absolute Gasteiger partial charge is 0.496 e. The quantitative estimate of drug-likeness (QED) is 0.369. The maximum Gasteiger partial charge on any atom is 0.230 e. The number of ether oxygens (including phenoxy) is 1. The molecule has 0 aliphatic heterocycles. The van der Waals surface area contributed by atoms with Gasteiger partial charge in [0.2, 0.25) is 5.91 Å². The zero-order valence-corrected chi connectivity index (χ0v) is 23.5. The Hall–Kier alpha value is -2.62. The Morgan fingerprint density at radius 2 is 1.92 bits per heavy atom. The third-order valence-corrected chi connectivity index (χ3v) is 9.14. The molecular formula is C33H45NO3. The summed E-state index contributed by atoms with van der Waals surface area (Å²) < 4.78 is 5.66. The molecule has 1 N–H and O–H groups in total. The summed E-state index contributed by atoms with van der Waals surface area (Å²) in [5.74, 6) is 2.34. The summed E-state index contributed by atoms with van der Waals surface area (Å²) in [6.45, 7) is 8.64. The van der Waals surface area contributed by atoms with E-state index in [4.69, 9.17) is 4.74 Å². The van der Waals surface area contributed by atoms with Gasteiger partial charge in [-0.3, -0.25) is 9.59 Å². The number of hydrogen-bond acceptors (Lipinski definition) is 3. The van der Waals surface area contributed by atoms with E-state index in [0.717, 1.165) is 81.2 Å². The lowest BCUT2D eigenvalue weighted by Crippen LogP contribution is -2.37. The first kappa shape index (κ1) is 27.4. The number of rotatable bonds is 8. The lowest BCUT2D eigenvalue weighted by atomic mass is 9.68. The molecule has 37 heavy (non-hydrogen) atoms. The molecule has 0 heterocycles. The molecule has 0 bridgehead atoms. The number of carbonyl (C=O) groups excluding carboxylic acids is 2. The van der Waals surface area contributed by atoms with Crippen LogP contribution in [0, 0.1) is 24.2 Å². The highest BCUT2D eigenvalue weighted by atomic mass is 16.5. The van der Waals surface area contributed by atoms with Gasteiger partial charge < -0.3 is 10.1 Å². The Labute approximate surface area is 223 Å². The van der Waals surface area contributed by atoms with E-state index in [1.165, 1.54) is 16.7 Å². The monoisotopic (exact) mass is 503 g/mol. The molecule has 0 saturated heterocycles. The number of ketones is 1. The first-order valence-electron chi connectivity index (χ1n) is 14.4. The predicted octanol–water partition coefficient (Wildman–Crippen LogP) is 8.27. The van der Waals surface area contributed by atoms with Crippen LogP contribution in [-0.4, -0.2) is 18.8 Å². The molecule has 2 unspecified atom stereocenters. The average molecular weight is 504 g/mol. The van der Waals surface area contributed by atoms with Crippen LogP contribution in [0.25, 0.3) is 0 Å². The van der Waals surface area contributed by atoms with Gasteiger partial charge in [-0.05, 0) is 99.3 Å². The first-order chi connectivity index (χ1) is 17.8. The van der Waals surface area contributed by atoms with E-state index in [-0.39, 0.29) is 17.2 Å². The third-order valence-electron chi connectivity index (χ3n) is 9.14. The van der Waals surface area contributed by atoms with E-state index in [2.05, 4.69) is 45.1 Å². The van der Waals surface area contributed by atoms with Crippen molar-refractivity contribution in [3.05, 3.63) is 58.7 Å². The van der Waals surface area contributed by atoms with Crippen molar-refractivity contribution >= 4 is 17.4 Å². The molecule has 0 radical (unpaired) electrons. The second-order valence-electron chi connectivity index (χ2n) is 11.9. The number of nitrogens with one attached hydrogen (secondary N) is 1. The number of amides is 1. The number of Topliss-reactive ketones (excluding diaryl/α,β-unsaturated/α-hetero) is 1. The highest BCUT2D eigenvalue weighted by Crippen LogP contribution is 2.43. The second-order valence-corrected chi connectivity index (χ2v) is 11.9. The minimum absolute atomic E-state index is 0.0947. The fraction of sp³-hybridized carbons (Fsp3) is 0.576. The van der Waals surface area contributed by atoms with Crippen molar-refractivity contribution in [2.75, 3.05) is 12.4 Å². The lowest BCUT2D eigenvalue weighted by Gasteiger charge is -2.37. The SMILES string of the molecule is CCCC(C)c1ccc(NC(=O)C2(C)CCC(CC3CCCc4c(C)cccc4C3=O)CC2)cc1OC. The van der Waals surface area contributed by atoms with Crippen molar-refractivity contribution in [2.45, 2.75) is 97.8 Å². The molecule has 1 amide bonds. The van der Waals surface area contributed by atoms with Crippen LogP contribution in [0.15, 0.2) is 36.4 Å². The lowest BCUT2D eigenvalue weighted by molar-refractivity contribution is -0.126. The Bertz CT molecular complexity index is 1110. The smallest absolute Gasteiger partial charge is 0.230 e. The fourth-order valence-electron chi connectivity index (χ4n) is 6.61. The van der Waals surface area contributed by atoms with Crippen LogP contribution in [0.5, 0.6) is 5.75 Å². The summed E-state index contributed by atoms with van der Waals surface area (Å²) in [6, 6.07) is 12.2. The summed E-state index contributed by atoms with van der Waals surface area (Å²) in [6.07, 6.45) is 10.0. The van der Waals surface area contributed by atoms with Gasteiger partial charge in [-0.2, -0.15) is 0 Å². The van der Waals surface area contributed by atoms with Crippen LogP contribution in [0.1, 0.15) is 112 Å². The highest BCUT2D eigenvalue weighted by molar-refractivity contribution is 6.00. The Morgan fingerprint density at radius 1 is 1.16 bits per heavy atom. The zero-order chi connectivity index (χ0) is 26.6. The molecule has 200 valence electrons. The Morgan fingerprint density at radius 3 is 2.62 bits per heavy atom. The fourth-order valence-corrected chi connectivity index (χ4v) is 6.61. The molecule has 2 aromatic carbocycles. The molecule has 0 spiro atoms. The molecule has 0 aromatic heterocycles. The maximum atomic E-state index is 13.4. The minimum atomic E-state index is -0.380. The van der Waals surface area contributed by atoms with Crippen LogP contribution in [0.2, 0.25) is 0 Å². The van der Waals surface area contributed by atoms with Gasteiger partial charge in [0.15, 0.2) is 5.78 Å². The van der Waals surface area contributed by atoms with Crippen LogP contribution in [-0.2, 0) is 11.2 Å². The van der Waals surface area contributed by atoms with Crippen molar-refractivity contribution in [3.63, 3.8) is 0 Å². The van der Waals surface area contributed by atoms with Gasteiger partial charge in [-0.1, -0.05) is 51.5 Å². The van der Waals surface area contributed by atoms with Crippen molar-refractivity contribution in [2.24, 2.45) is 17.3 Å². The third kappa shape index (κ3) is 6.10. The van der Waals surface area contributed by atoms with Crippen molar-refractivity contribution in [1.82, 2.24) is 0 Å². The number of carbonyl (C=O) groups is 2. The summed E-state index contributed by atoms with van der Waals surface area (Å²) in [7, 11) is 1.70. The van der Waals surface area contributed by atoms with Gasteiger partial charge in [-0.15, -0.1) is 0 Å². The van der Waals surface area contributed by atoms with Gasteiger partial charge in [0, 0.05) is 28.7 Å². The van der Waals surface area contributed by atoms with Gasteiger partial charge in [0.25, 0.3) is 0 Å². The van der Waals surface area contributed by atoms with Gasteiger partial charge in [0.1, 0.15) is 5.75 Å². The van der Waals surface area contributed by atoms with E-state index in [0.29, 0.717) is 17.6 Å². The first-order valence-corrected chi connectivity index (χ1v) is 14.4. The van der Waals surface area contributed by atoms with E-state index >= 15 is 0 Å². The van der Waals surface area contributed by atoms with E-state index in [9.17, 15) is 9.59 Å². The average Bonchev–Trinajstić information content (AvgIpc) is 3.05. The number of anilines is 1. The van der Waals surface area contributed by atoms with Crippen molar-refractivity contribution in [3.8, 4) is 5.75 Å². The standard InChI is InChI=1S/C33H45NO3/c1-6-9-22(2)28-15-14-26(21-30(28)37-5)34-32(36)33(4)18-16-24(17-19-33)20-25-11-8-12-27-23(3)10-7-13-29(27)31(25)35/h7,10,13-15,21-22,24-25H,6,8-9,11-12,16-20H2,1-5H3,(H,34,36). The van der Waals surface area contributed by atoms with Crippen molar-refractivity contribution in [1.29, 1.82) is 0 Å². The Balaban J connectivity index is 1.35. The van der Waals surface area contributed by atoms with E-state index < -0.39 is 0 Å². The zero-order valence-electron chi connectivity index (χ0n) is 23.5. The number of methoxy groups -OCH3 is 1. The number of fused-ring (bicyclic) bond motifs is 1. The number of hydrogen-bond donors (Lipinski definition) is 1. The van der Waals surface area contributed by atoms with Crippen LogP contribution in [0.4, 0.5) is 5.69 Å². The maximum absolute atomic E-state index is 13.4. The van der Waals surface area contributed by atoms with Crippen LogP contribution in [0.3, 0.4) is 0 Å². The molecule has 2 atom stereocenters. The van der Waals surface area contributed by atoms with Crippen molar-refractivity contribution < 1.29 is 14.3 Å². The number of aryl methyl sites for hydroxylation is 1. The predicted molar refractivity (Wildman–Crippen MR) is 152 cm³/mol. The topological polar surface area (TPSA) is 55.4 Å². The summed E-state index contributed by atoms with van der Waals surface area (Å²) in [4.78, 5) is 26.7. The molecule has 2 aromatic rings. The van der Waals surface area contributed by atoms with E-state index in [1.54, 1.807) is 7.11 Å². The number of benzene rings is 2. The molecular weight excluding hydrogens is 458 g/mol.